The molecule has 0 radical (unpaired) electrons. The first-order valence-electron chi connectivity index (χ1n) is 6.66. The van der Waals surface area contributed by atoms with Gasteiger partial charge in [0.25, 0.3) is 0 Å². The van der Waals surface area contributed by atoms with Crippen LogP contribution in [0.5, 0.6) is 5.75 Å². The second-order valence-electron chi connectivity index (χ2n) is 4.33. The van der Waals surface area contributed by atoms with E-state index in [2.05, 4.69) is 15.8 Å². The zero-order valence-corrected chi connectivity index (χ0v) is 12.8. The Balaban J connectivity index is 1.84. The van der Waals surface area contributed by atoms with Crippen LogP contribution in [0.15, 0.2) is 52.2 Å². The molecule has 2 rings (SSSR count). The highest BCUT2D eigenvalue weighted by Crippen LogP contribution is 2.15. The Hall–Kier alpha value is -2.87. The molecule has 120 valence electrons. The van der Waals surface area contributed by atoms with Gasteiger partial charge in [0.2, 0.25) is 0 Å². The molecule has 0 spiro atoms. The number of hydrogen-bond acceptors (Lipinski definition) is 6. The average molecular weight is 332 g/mol. The van der Waals surface area contributed by atoms with Gasteiger partial charge in [-0.1, -0.05) is 12.1 Å². The number of para-hydroxylation sites is 1. The lowest BCUT2D eigenvalue weighted by atomic mass is 10.2. The van der Waals surface area contributed by atoms with Crippen LogP contribution in [0.2, 0.25) is 0 Å². The number of nitrogens with one attached hydrogen (secondary N) is 2. The first-order chi connectivity index (χ1) is 11.1. The van der Waals surface area contributed by atoms with Crippen LogP contribution in [0.1, 0.15) is 11.3 Å². The van der Waals surface area contributed by atoms with Crippen LogP contribution in [0.4, 0.5) is 0 Å². The van der Waals surface area contributed by atoms with Crippen molar-refractivity contribution in [1.82, 2.24) is 10.7 Å². The molecule has 0 aliphatic heterocycles. The van der Waals surface area contributed by atoms with Gasteiger partial charge in [-0.25, -0.2) is 0 Å². The molecule has 0 saturated carbocycles. The summed E-state index contributed by atoms with van der Waals surface area (Å²) in [5.74, 6) is -0.158. The lowest BCUT2D eigenvalue weighted by Gasteiger charge is -2.09. The minimum absolute atomic E-state index is 0.325. The number of carbonyl (C=O) groups is 1. The van der Waals surface area contributed by atoms with Gasteiger partial charge >= 0.3 is 0 Å². The summed E-state index contributed by atoms with van der Waals surface area (Å²) in [6, 6.07) is 10.5. The van der Waals surface area contributed by atoms with Crippen LogP contribution < -0.4 is 20.6 Å². The second kappa shape index (κ2) is 8.54. The van der Waals surface area contributed by atoms with Crippen molar-refractivity contribution in [2.24, 2.45) is 5.10 Å². The topological polar surface area (TPSA) is 98.9 Å². The number of aliphatic carboxylic acids is 1. The van der Waals surface area contributed by atoms with E-state index in [0.717, 1.165) is 5.76 Å². The molecule has 2 aromatic rings. The van der Waals surface area contributed by atoms with Crippen molar-refractivity contribution in [1.29, 1.82) is 0 Å². The van der Waals surface area contributed by atoms with E-state index < -0.39 is 12.6 Å². The second-order valence-corrected chi connectivity index (χ2v) is 4.74. The molecular weight excluding hydrogens is 318 g/mol. The molecule has 0 aliphatic rings. The maximum Gasteiger partial charge on any atom is 0.187 e. The number of carbonyl (C=O) groups excluding carboxylic acids is 1. The Kier molecular flexibility index (Phi) is 6.13. The summed E-state index contributed by atoms with van der Waals surface area (Å²) < 4.78 is 10.3. The van der Waals surface area contributed by atoms with E-state index in [0.29, 0.717) is 23.0 Å². The third-order valence-corrected chi connectivity index (χ3v) is 2.87. The number of hydrogen-bond donors (Lipinski definition) is 2. The van der Waals surface area contributed by atoms with Gasteiger partial charge in [-0.05, 0) is 36.5 Å². The van der Waals surface area contributed by atoms with Crippen molar-refractivity contribution in [3.8, 4) is 5.75 Å². The fourth-order valence-corrected chi connectivity index (χ4v) is 1.76. The SMILES string of the molecule is O=C([O-])COc1ccccc1/C=N\NC(=S)NCc1ccco1. The normalized spacial score (nSPS) is 10.4. The van der Waals surface area contributed by atoms with E-state index in [4.69, 9.17) is 21.4 Å². The zero-order chi connectivity index (χ0) is 16.5. The van der Waals surface area contributed by atoms with Gasteiger partial charge < -0.3 is 24.4 Å². The summed E-state index contributed by atoms with van der Waals surface area (Å²) in [6.45, 7) is -0.0823. The number of nitrogens with zero attached hydrogens (tertiary/aromatic N) is 1. The van der Waals surface area contributed by atoms with E-state index in [9.17, 15) is 9.90 Å². The molecule has 0 atom stereocenters. The Morgan fingerprint density at radius 2 is 2.17 bits per heavy atom. The summed E-state index contributed by atoms with van der Waals surface area (Å²) in [4.78, 5) is 10.4. The lowest BCUT2D eigenvalue weighted by Crippen LogP contribution is -2.31. The van der Waals surface area contributed by atoms with Gasteiger partial charge in [0.05, 0.1) is 25.0 Å². The fourth-order valence-electron chi connectivity index (χ4n) is 1.64. The zero-order valence-electron chi connectivity index (χ0n) is 12.0. The standard InChI is InChI=1S/C15H15N3O4S/c19-14(20)10-22-13-6-2-1-4-11(13)8-17-18-15(23)16-9-12-5-3-7-21-12/h1-8H,9-10H2,(H,19,20)(H2,16,18,23)/p-1/b17-8-. The number of carboxylic acids is 1. The van der Waals surface area contributed by atoms with E-state index in [-0.39, 0.29) is 0 Å². The Bertz CT molecular complexity index is 686. The van der Waals surface area contributed by atoms with Crippen LogP contribution in [-0.2, 0) is 11.3 Å². The molecule has 7 nitrogen and oxygen atoms in total. The highest BCUT2D eigenvalue weighted by molar-refractivity contribution is 7.80. The summed E-state index contributed by atoms with van der Waals surface area (Å²) in [5.41, 5.74) is 3.26. The van der Waals surface area contributed by atoms with Crippen LogP contribution in [0, 0.1) is 0 Å². The van der Waals surface area contributed by atoms with Crippen LogP contribution >= 0.6 is 12.2 Å². The molecule has 0 unspecified atom stereocenters. The minimum Gasteiger partial charge on any atom is -0.546 e. The number of furan rings is 1. The first kappa shape index (κ1) is 16.5. The molecule has 1 heterocycles. The average Bonchev–Trinajstić information content (AvgIpc) is 3.05. The van der Waals surface area contributed by atoms with Gasteiger partial charge in [0.15, 0.2) is 5.11 Å². The third-order valence-electron chi connectivity index (χ3n) is 2.64. The number of benzene rings is 1. The molecule has 1 aromatic heterocycles. The van der Waals surface area contributed by atoms with E-state index in [1.165, 1.54) is 6.21 Å². The Labute approximate surface area is 138 Å². The molecule has 0 bridgehead atoms. The first-order valence-corrected chi connectivity index (χ1v) is 7.07. The van der Waals surface area contributed by atoms with Crippen molar-refractivity contribution in [3.63, 3.8) is 0 Å². The monoisotopic (exact) mass is 332 g/mol. The summed E-state index contributed by atoms with van der Waals surface area (Å²) in [7, 11) is 0. The maximum atomic E-state index is 10.4. The maximum absolute atomic E-state index is 10.4. The largest absolute Gasteiger partial charge is 0.546 e. The van der Waals surface area contributed by atoms with Crippen molar-refractivity contribution in [3.05, 3.63) is 54.0 Å². The van der Waals surface area contributed by atoms with Crippen LogP contribution in [0.3, 0.4) is 0 Å². The third kappa shape index (κ3) is 5.79. The molecule has 0 fully saturated rings. The molecule has 0 amide bonds. The highest BCUT2D eigenvalue weighted by Gasteiger charge is 2.01. The smallest absolute Gasteiger partial charge is 0.187 e. The predicted octanol–water partition coefficient (Wildman–Crippen LogP) is 0.406. The van der Waals surface area contributed by atoms with Gasteiger partial charge in [0.1, 0.15) is 18.1 Å². The predicted molar refractivity (Wildman–Crippen MR) is 85.8 cm³/mol. The van der Waals surface area contributed by atoms with Crippen molar-refractivity contribution < 1.29 is 19.1 Å². The summed E-state index contributed by atoms with van der Waals surface area (Å²) in [5, 5.41) is 17.7. The van der Waals surface area contributed by atoms with Gasteiger partial charge in [-0.2, -0.15) is 5.10 Å². The summed E-state index contributed by atoms with van der Waals surface area (Å²) in [6.07, 6.45) is 3.06. The van der Waals surface area contributed by atoms with E-state index in [1.54, 1.807) is 36.6 Å². The van der Waals surface area contributed by atoms with Crippen molar-refractivity contribution in [2.75, 3.05) is 6.61 Å². The summed E-state index contributed by atoms with van der Waals surface area (Å²) >= 11 is 5.07. The number of hydrazone groups is 1. The number of ether oxygens (including phenoxy) is 1. The highest BCUT2D eigenvalue weighted by atomic mass is 32.1. The fraction of sp³-hybridized carbons (Fsp3) is 0.133. The quantitative estimate of drug-likeness (QED) is 0.430. The van der Waals surface area contributed by atoms with Gasteiger partial charge in [0, 0.05) is 5.56 Å². The van der Waals surface area contributed by atoms with Gasteiger partial charge in [-0.15, -0.1) is 0 Å². The lowest BCUT2D eigenvalue weighted by molar-refractivity contribution is -0.307. The van der Waals surface area contributed by atoms with E-state index in [1.807, 2.05) is 6.07 Å². The van der Waals surface area contributed by atoms with Crippen LogP contribution in [-0.4, -0.2) is 23.9 Å². The molecule has 0 aliphatic carbocycles. The molecule has 1 aromatic carbocycles. The van der Waals surface area contributed by atoms with E-state index >= 15 is 0 Å². The number of rotatable bonds is 7. The molecule has 2 N–H and O–H groups in total. The molecular formula is C15H14N3O4S-. The molecule has 0 saturated heterocycles. The number of thiocarbonyl (C=S) groups is 1. The van der Waals surface area contributed by atoms with Crippen molar-refractivity contribution >= 4 is 29.5 Å². The van der Waals surface area contributed by atoms with Gasteiger partial charge in [-0.3, -0.25) is 5.43 Å². The Morgan fingerprint density at radius 3 is 2.91 bits per heavy atom. The minimum atomic E-state index is -1.29. The van der Waals surface area contributed by atoms with Crippen molar-refractivity contribution in [2.45, 2.75) is 6.54 Å². The number of carboxylic acid groups (broad SMARTS) is 1. The Morgan fingerprint density at radius 1 is 1.35 bits per heavy atom. The van der Waals surface area contributed by atoms with Crippen LogP contribution in [0.25, 0.3) is 0 Å². The molecule has 23 heavy (non-hydrogen) atoms. The molecule has 8 heteroatoms.